The summed E-state index contributed by atoms with van der Waals surface area (Å²) in [5, 5.41) is 0. The van der Waals surface area contributed by atoms with Gasteiger partial charge in [0.25, 0.3) is 0 Å². The van der Waals surface area contributed by atoms with Crippen LogP contribution in [-0.4, -0.2) is 5.97 Å². The van der Waals surface area contributed by atoms with Crippen LogP contribution in [0.25, 0.3) is 0 Å². The first kappa shape index (κ1) is 16.5. The van der Waals surface area contributed by atoms with E-state index in [1.165, 1.54) is 42.9 Å². The maximum Gasteiger partial charge on any atom is 0.335 e. The van der Waals surface area contributed by atoms with E-state index < -0.39 is 0 Å². The lowest BCUT2D eigenvalue weighted by Gasteiger charge is -2.12. The van der Waals surface area contributed by atoms with Gasteiger partial charge >= 0.3 is 5.97 Å². The fraction of sp³-hybridized carbons (Fsp3) is 0.500. The van der Waals surface area contributed by atoms with Crippen LogP contribution in [0.4, 0.5) is 0 Å². The Morgan fingerprint density at radius 2 is 1.95 bits per heavy atom. The Morgan fingerprint density at radius 3 is 2.65 bits per heavy atom. The van der Waals surface area contributed by atoms with Crippen molar-refractivity contribution in [3.63, 3.8) is 0 Å². The molecule has 110 valence electrons. The van der Waals surface area contributed by atoms with E-state index >= 15 is 0 Å². The van der Waals surface area contributed by atoms with E-state index in [0.717, 1.165) is 12.8 Å². The lowest BCUT2D eigenvalue weighted by Crippen LogP contribution is -2.06. The van der Waals surface area contributed by atoms with E-state index in [0.29, 0.717) is 5.75 Å². The van der Waals surface area contributed by atoms with Crippen LogP contribution in [0.15, 0.2) is 30.4 Å². The highest BCUT2D eigenvalue weighted by molar-refractivity contribution is 5.84. The van der Waals surface area contributed by atoms with Gasteiger partial charge in [0, 0.05) is 6.08 Å². The van der Waals surface area contributed by atoms with Crippen molar-refractivity contribution in [3.8, 4) is 5.75 Å². The Hall–Kier alpha value is -1.57. The lowest BCUT2D eigenvalue weighted by atomic mass is 10.0. The number of aryl methyl sites for hydroxylation is 1. The van der Waals surface area contributed by atoms with Gasteiger partial charge in [-0.05, 0) is 43.9 Å². The van der Waals surface area contributed by atoms with Crippen molar-refractivity contribution in [1.82, 2.24) is 0 Å². The van der Waals surface area contributed by atoms with Gasteiger partial charge in [-0.25, -0.2) is 4.79 Å². The minimum Gasteiger partial charge on any atom is -0.423 e. The minimum atomic E-state index is -0.301. The number of allylic oxidation sites excluding steroid dienone is 1. The third-order valence-electron chi connectivity index (χ3n) is 3.41. The molecule has 1 rings (SSSR count). The highest BCUT2D eigenvalue weighted by atomic mass is 16.5. The smallest absolute Gasteiger partial charge is 0.335 e. The Kier molecular flexibility index (Phi) is 7.71. The molecule has 0 bridgehead atoms. The zero-order valence-electron chi connectivity index (χ0n) is 12.9. The number of ether oxygens (including phenoxy) is 1. The Balaban J connectivity index is 2.65. The van der Waals surface area contributed by atoms with Crippen LogP contribution in [-0.2, 0) is 11.2 Å². The van der Waals surface area contributed by atoms with Gasteiger partial charge in [-0.1, -0.05) is 50.8 Å². The van der Waals surface area contributed by atoms with Gasteiger partial charge in [0.15, 0.2) is 0 Å². The summed E-state index contributed by atoms with van der Waals surface area (Å²) >= 11 is 0. The van der Waals surface area contributed by atoms with Gasteiger partial charge in [0.05, 0.1) is 0 Å². The summed E-state index contributed by atoms with van der Waals surface area (Å²) in [5.74, 6) is 0.411. The van der Waals surface area contributed by atoms with Gasteiger partial charge in [0.2, 0.25) is 0 Å². The molecule has 0 atom stereocenters. The van der Waals surface area contributed by atoms with Gasteiger partial charge in [-0.2, -0.15) is 0 Å². The molecule has 0 fully saturated rings. The number of carbonyl (C=O) groups excluding carboxylic acids is 1. The predicted molar refractivity (Wildman–Crippen MR) is 84.1 cm³/mol. The summed E-state index contributed by atoms with van der Waals surface area (Å²) in [7, 11) is 0. The number of benzene rings is 1. The average Bonchev–Trinajstić information content (AvgIpc) is 2.41. The number of hydrogen-bond donors (Lipinski definition) is 0. The van der Waals surface area contributed by atoms with Crippen LogP contribution in [0.5, 0.6) is 5.75 Å². The average molecular weight is 274 g/mol. The number of carbonyl (C=O) groups is 1. The molecule has 0 aliphatic heterocycles. The zero-order valence-corrected chi connectivity index (χ0v) is 12.9. The number of esters is 1. The SMILES string of the molecule is C/C=C/C(=O)Oc1cccc(C)c1CCCCCCC. The summed E-state index contributed by atoms with van der Waals surface area (Å²) in [6, 6.07) is 5.90. The molecule has 20 heavy (non-hydrogen) atoms. The van der Waals surface area contributed by atoms with Crippen molar-refractivity contribution in [2.75, 3.05) is 0 Å². The molecule has 0 saturated carbocycles. The molecule has 0 heterocycles. The van der Waals surface area contributed by atoms with Crippen molar-refractivity contribution < 1.29 is 9.53 Å². The molecular weight excluding hydrogens is 248 g/mol. The van der Waals surface area contributed by atoms with Crippen LogP contribution in [0.2, 0.25) is 0 Å². The second kappa shape index (κ2) is 9.35. The molecule has 0 amide bonds. The molecule has 2 nitrogen and oxygen atoms in total. The molecule has 0 aromatic heterocycles. The van der Waals surface area contributed by atoms with E-state index in [9.17, 15) is 4.79 Å². The Labute approximate surface area is 122 Å². The van der Waals surface area contributed by atoms with Gasteiger partial charge in [-0.15, -0.1) is 0 Å². The quantitative estimate of drug-likeness (QED) is 0.289. The number of hydrogen-bond acceptors (Lipinski definition) is 2. The Morgan fingerprint density at radius 1 is 1.20 bits per heavy atom. The maximum absolute atomic E-state index is 11.6. The maximum atomic E-state index is 11.6. The second-order valence-corrected chi connectivity index (χ2v) is 5.14. The molecule has 0 aliphatic rings. The molecule has 0 unspecified atom stereocenters. The third-order valence-corrected chi connectivity index (χ3v) is 3.41. The van der Waals surface area contributed by atoms with E-state index in [1.54, 1.807) is 6.08 Å². The van der Waals surface area contributed by atoms with Crippen molar-refractivity contribution in [3.05, 3.63) is 41.5 Å². The first-order valence-electron chi connectivity index (χ1n) is 7.62. The molecule has 0 radical (unpaired) electrons. The number of unbranched alkanes of at least 4 members (excludes halogenated alkanes) is 4. The molecule has 0 spiro atoms. The summed E-state index contributed by atoms with van der Waals surface area (Å²) in [5.41, 5.74) is 2.37. The van der Waals surface area contributed by atoms with E-state index in [4.69, 9.17) is 4.74 Å². The third kappa shape index (κ3) is 5.60. The van der Waals surface area contributed by atoms with Crippen molar-refractivity contribution in [2.24, 2.45) is 0 Å². The first-order chi connectivity index (χ1) is 9.69. The molecule has 0 aliphatic carbocycles. The number of rotatable bonds is 8. The monoisotopic (exact) mass is 274 g/mol. The van der Waals surface area contributed by atoms with Gasteiger partial charge < -0.3 is 4.74 Å². The van der Waals surface area contributed by atoms with Crippen molar-refractivity contribution >= 4 is 5.97 Å². The topological polar surface area (TPSA) is 26.3 Å². The largest absolute Gasteiger partial charge is 0.423 e. The molecule has 0 saturated heterocycles. The molecule has 1 aromatic rings. The Bertz CT molecular complexity index is 447. The summed E-state index contributed by atoms with van der Waals surface area (Å²) in [6.45, 7) is 6.11. The fourth-order valence-corrected chi connectivity index (χ4v) is 2.28. The van der Waals surface area contributed by atoms with E-state index in [1.807, 2.05) is 19.1 Å². The second-order valence-electron chi connectivity index (χ2n) is 5.14. The zero-order chi connectivity index (χ0) is 14.8. The first-order valence-corrected chi connectivity index (χ1v) is 7.62. The van der Waals surface area contributed by atoms with Crippen molar-refractivity contribution in [2.45, 2.75) is 59.3 Å². The fourth-order valence-electron chi connectivity index (χ4n) is 2.28. The van der Waals surface area contributed by atoms with Gasteiger partial charge in [0.1, 0.15) is 5.75 Å². The minimum absolute atomic E-state index is 0.301. The van der Waals surface area contributed by atoms with Crippen molar-refractivity contribution in [1.29, 1.82) is 0 Å². The summed E-state index contributed by atoms with van der Waals surface area (Å²) < 4.78 is 5.42. The van der Waals surface area contributed by atoms with E-state index in [2.05, 4.69) is 19.9 Å². The predicted octanol–water partition coefficient (Wildman–Crippen LogP) is 4.99. The van der Waals surface area contributed by atoms with Gasteiger partial charge in [-0.3, -0.25) is 0 Å². The van der Waals surface area contributed by atoms with E-state index in [-0.39, 0.29) is 5.97 Å². The standard InChI is InChI=1S/C18H26O2/c1-4-6-7-8-9-13-16-15(3)12-10-14-17(16)20-18(19)11-5-2/h5,10-12,14H,4,6-9,13H2,1-3H3/b11-5+. The molecule has 2 heteroatoms. The molecule has 0 N–H and O–H groups in total. The molecule has 1 aromatic carbocycles. The van der Waals surface area contributed by atoms with Crippen LogP contribution in [0, 0.1) is 6.92 Å². The van der Waals surface area contributed by atoms with Crippen LogP contribution in [0.1, 0.15) is 57.1 Å². The lowest BCUT2D eigenvalue weighted by molar-refractivity contribution is -0.129. The van der Waals surface area contributed by atoms with Crippen LogP contribution < -0.4 is 4.74 Å². The van der Waals surface area contributed by atoms with Crippen LogP contribution in [0.3, 0.4) is 0 Å². The highest BCUT2D eigenvalue weighted by Gasteiger charge is 2.09. The molecular formula is C18H26O2. The normalized spacial score (nSPS) is 10.9. The summed E-state index contributed by atoms with van der Waals surface area (Å²) in [4.78, 5) is 11.6. The van der Waals surface area contributed by atoms with Crippen LogP contribution >= 0.6 is 0 Å². The summed E-state index contributed by atoms with van der Waals surface area (Å²) in [6.07, 6.45) is 10.4. The highest BCUT2D eigenvalue weighted by Crippen LogP contribution is 2.24.